The van der Waals surface area contributed by atoms with E-state index in [0.717, 1.165) is 17.7 Å². The minimum atomic E-state index is -0.842. The fourth-order valence-electron chi connectivity index (χ4n) is 2.88. The lowest BCUT2D eigenvalue weighted by atomic mass is 9.86. The quantitative estimate of drug-likeness (QED) is 0.705. The third-order valence-electron chi connectivity index (χ3n) is 4.33. The van der Waals surface area contributed by atoms with Gasteiger partial charge in [-0.25, -0.2) is 0 Å². The number of benzene rings is 1. The molecule has 2 unspecified atom stereocenters. The van der Waals surface area contributed by atoms with Crippen LogP contribution in [0.25, 0.3) is 0 Å². The number of ether oxygens (including phenoxy) is 1. The first-order chi connectivity index (χ1) is 11.6. The minimum absolute atomic E-state index is 0.0680. The highest BCUT2D eigenvalue weighted by molar-refractivity contribution is 8.00. The number of thioether (sulfide) groups is 1. The third kappa shape index (κ3) is 5.53. The number of carbonyl (C=O) groups excluding carboxylic acids is 1. The maximum Gasteiger partial charge on any atom is 0.308 e. The van der Waals surface area contributed by atoms with Gasteiger partial charge in [0.15, 0.2) is 0 Å². The van der Waals surface area contributed by atoms with Gasteiger partial charge in [-0.3, -0.25) is 9.59 Å². The van der Waals surface area contributed by atoms with Gasteiger partial charge in [-0.15, -0.1) is 11.8 Å². The van der Waals surface area contributed by atoms with E-state index < -0.39 is 11.9 Å². The summed E-state index contributed by atoms with van der Waals surface area (Å²) in [7, 11) is 0. The molecule has 1 aromatic carbocycles. The van der Waals surface area contributed by atoms with Gasteiger partial charge in [0.1, 0.15) is 0 Å². The maximum absolute atomic E-state index is 12.4. The molecule has 0 saturated carbocycles. The predicted molar refractivity (Wildman–Crippen MR) is 94.1 cm³/mol. The number of carboxylic acids is 1. The molecule has 0 bridgehead atoms. The monoisotopic (exact) mass is 351 g/mol. The topological polar surface area (TPSA) is 75.6 Å². The van der Waals surface area contributed by atoms with Crippen molar-refractivity contribution < 1.29 is 19.4 Å². The van der Waals surface area contributed by atoms with Crippen LogP contribution in [0.5, 0.6) is 0 Å². The van der Waals surface area contributed by atoms with Crippen molar-refractivity contribution in [2.75, 3.05) is 19.8 Å². The van der Waals surface area contributed by atoms with Gasteiger partial charge in [0.2, 0.25) is 5.91 Å². The molecule has 1 aliphatic heterocycles. The number of hydrogen-bond donors (Lipinski definition) is 2. The third-order valence-corrected chi connectivity index (χ3v) is 5.71. The SMILES string of the molecule is CCC(Sc1ccccc1)C(=O)NCC(C(=O)O)C1CCOCC1. The van der Waals surface area contributed by atoms with Gasteiger partial charge >= 0.3 is 5.97 Å². The van der Waals surface area contributed by atoms with E-state index in [9.17, 15) is 14.7 Å². The van der Waals surface area contributed by atoms with Gasteiger partial charge in [0.25, 0.3) is 0 Å². The van der Waals surface area contributed by atoms with Crippen LogP contribution < -0.4 is 5.32 Å². The van der Waals surface area contributed by atoms with Gasteiger partial charge < -0.3 is 15.2 Å². The van der Waals surface area contributed by atoms with Crippen LogP contribution in [0, 0.1) is 11.8 Å². The van der Waals surface area contributed by atoms with E-state index >= 15 is 0 Å². The van der Waals surface area contributed by atoms with E-state index in [1.165, 1.54) is 11.8 Å². The van der Waals surface area contributed by atoms with Gasteiger partial charge in [0.05, 0.1) is 11.2 Å². The molecule has 1 aliphatic rings. The summed E-state index contributed by atoms with van der Waals surface area (Å²) < 4.78 is 5.29. The maximum atomic E-state index is 12.4. The average molecular weight is 351 g/mol. The standard InChI is InChI=1S/C18H25NO4S/c1-2-16(24-14-6-4-3-5-7-14)17(20)19-12-15(18(21)22)13-8-10-23-11-9-13/h3-7,13,15-16H,2,8-12H2,1H3,(H,19,20)(H,21,22). The summed E-state index contributed by atoms with van der Waals surface area (Å²) in [5.74, 6) is -1.41. The van der Waals surface area contributed by atoms with E-state index in [-0.39, 0.29) is 23.6 Å². The van der Waals surface area contributed by atoms with Crippen LogP contribution in [0.2, 0.25) is 0 Å². The number of carbonyl (C=O) groups is 2. The van der Waals surface area contributed by atoms with Crippen molar-refractivity contribution in [2.45, 2.75) is 36.3 Å². The molecule has 1 aromatic rings. The fourth-order valence-corrected chi connectivity index (χ4v) is 3.88. The Labute approximate surface area is 147 Å². The molecule has 1 heterocycles. The smallest absolute Gasteiger partial charge is 0.308 e. The lowest BCUT2D eigenvalue weighted by Gasteiger charge is -2.28. The summed E-state index contributed by atoms with van der Waals surface area (Å²) in [6, 6.07) is 9.78. The fraction of sp³-hybridized carbons (Fsp3) is 0.556. The predicted octanol–water partition coefficient (Wildman–Crippen LogP) is 2.80. The molecule has 0 aliphatic carbocycles. The Hall–Kier alpha value is -1.53. The van der Waals surface area contributed by atoms with E-state index in [4.69, 9.17) is 4.74 Å². The molecule has 5 nitrogen and oxygen atoms in total. The zero-order valence-corrected chi connectivity index (χ0v) is 14.8. The molecule has 6 heteroatoms. The second-order valence-electron chi connectivity index (χ2n) is 5.97. The van der Waals surface area contributed by atoms with Gasteiger partial charge in [-0.2, -0.15) is 0 Å². The van der Waals surface area contributed by atoms with Crippen molar-refractivity contribution in [3.63, 3.8) is 0 Å². The summed E-state index contributed by atoms with van der Waals surface area (Å²) in [5, 5.41) is 12.1. The molecule has 1 amide bonds. The van der Waals surface area contributed by atoms with Crippen molar-refractivity contribution in [1.82, 2.24) is 5.32 Å². The van der Waals surface area contributed by atoms with Crippen molar-refractivity contribution >= 4 is 23.6 Å². The zero-order chi connectivity index (χ0) is 17.4. The molecule has 2 N–H and O–H groups in total. The van der Waals surface area contributed by atoms with Crippen LogP contribution in [0.3, 0.4) is 0 Å². The number of hydrogen-bond acceptors (Lipinski definition) is 4. The number of carboxylic acid groups (broad SMARTS) is 1. The Bertz CT molecular complexity index is 531. The number of aliphatic carboxylic acids is 1. The molecule has 2 rings (SSSR count). The Balaban J connectivity index is 1.89. The molecular formula is C18H25NO4S. The van der Waals surface area contributed by atoms with E-state index in [0.29, 0.717) is 19.6 Å². The lowest BCUT2D eigenvalue weighted by molar-refractivity contribution is -0.144. The van der Waals surface area contributed by atoms with Gasteiger partial charge in [-0.1, -0.05) is 25.1 Å². The molecular weight excluding hydrogens is 326 g/mol. The lowest BCUT2D eigenvalue weighted by Crippen LogP contribution is -2.41. The highest BCUT2D eigenvalue weighted by atomic mass is 32.2. The van der Waals surface area contributed by atoms with Crippen molar-refractivity contribution in [1.29, 1.82) is 0 Å². The normalized spacial score (nSPS) is 17.9. The summed E-state index contributed by atoms with van der Waals surface area (Å²) >= 11 is 1.51. The Morgan fingerprint density at radius 2 is 1.96 bits per heavy atom. The molecule has 0 aromatic heterocycles. The molecule has 1 fully saturated rings. The number of nitrogens with one attached hydrogen (secondary N) is 1. The average Bonchev–Trinajstić information content (AvgIpc) is 2.61. The minimum Gasteiger partial charge on any atom is -0.481 e. The van der Waals surface area contributed by atoms with Crippen LogP contribution in [-0.4, -0.2) is 42.0 Å². The summed E-state index contributed by atoms with van der Waals surface area (Å²) in [6.45, 7) is 3.35. The second kappa shape index (κ2) is 9.69. The summed E-state index contributed by atoms with van der Waals surface area (Å²) in [4.78, 5) is 25.0. The summed E-state index contributed by atoms with van der Waals surface area (Å²) in [5.41, 5.74) is 0. The first kappa shape index (κ1) is 18.8. The Morgan fingerprint density at radius 1 is 1.29 bits per heavy atom. The van der Waals surface area contributed by atoms with Crippen LogP contribution in [0.15, 0.2) is 35.2 Å². The van der Waals surface area contributed by atoms with Crippen LogP contribution in [0.1, 0.15) is 26.2 Å². The Kier molecular flexibility index (Phi) is 7.59. The van der Waals surface area contributed by atoms with Crippen molar-refractivity contribution in [3.8, 4) is 0 Å². The van der Waals surface area contributed by atoms with Crippen LogP contribution >= 0.6 is 11.8 Å². The molecule has 2 atom stereocenters. The van der Waals surface area contributed by atoms with Crippen LogP contribution in [0.4, 0.5) is 0 Å². The van der Waals surface area contributed by atoms with Gasteiger partial charge in [-0.05, 0) is 37.3 Å². The van der Waals surface area contributed by atoms with Crippen molar-refractivity contribution in [3.05, 3.63) is 30.3 Å². The zero-order valence-electron chi connectivity index (χ0n) is 13.9. The summed E-state index contributed by atoms with van der Waals surface area (Å²) in [6.07, 6.45) is 2.17. The molecule has 0 radical (unpaired) electrons. The molecule has 0 spiro atoms. The van der Waals surface area contributed by atoms with Crippen molar-refractivity contribution in [2.24, 2.45) is 11.8 Å². The van der Waals surface area contributed by atoms with Gasteiger partial charge in [0, 0.05) is 24.7 Å². The molecule has 1 saturated heterocycles. The number of amides is 1. The number of rotatable bonds is 8. The Morgan fingerprint density at radius 3 is 2.54 bits per heavy atom. The van der Waals surface area contributed by atoms with E-state index in [1.54, 1.807) is 0 Å². The van der Waals surface area contributed by atoms with E-state index in [1.807, 2.05) is 37.3 Å². The van der Waals surface area contributed by atoms with Crippen LogP contribution in [-0.2, 0) is 14.3 Å². The highest BCUT2D eigenvalue weighted by Gasteiger charge is 2.30. The highest BCUT2D eigenvalue weighted by Crippen LogP contribution is 2.26. The first-order valence-electron chi connectivity index (χ1n) is 8.41. The largest absolute Gasteiger partial charge is 0.481 e. The second-order valence-corrected chi connectivity index (χ2v) is 7.24. The first-order valence-corrected chi connectivity index (χ1v) is 9.29. The molecule has 24 heavy (non-hydrogen) atoms. The van der Waals surface area contributed by atoms with E-state index in [2.05, 4.69) is 5.32 Å². The molecule has 132 valence electrons.